The summed E-state index contributed by atoms with van der Waals surface area (Å²) < 4.78 is 29.3. The molecule has 7 heteroatoms. The summed E-state index contributed by atoms with van der Waals surface area (Å²) in [6, 6.07) is 11.2. The molecule has 1 aromatic carbocycles. The maximum absolute atomic E-state index is 12.4. The fourth-order valence-electron chi connectivity index (χ4n) is 2.53. The molecule has 0 bridgehead atoms. The first-order chi connectivity index (χ1) is 11.9. The predicted octanol–water partition coefficient (Wildman–Crippen LogP) is 3.52. The average Bonchev–Trinajstić information content (AvgIpc) is 3.20. The van der Waals surface area contributed by atoms with Gasteiger partial charge in [0.1, 0.15) is 5.69 Å². The van der Waals surface area contributed by atoms with Gasteiger partial charge in [-0.3, -0.25) is 4.68 Å². The minimum Gasteiger partial charge on any atom is -0.268 e. The Hall–Kier alpha value is -1.96. The van der Waals surface area contributed by atoms with Crippen LogP contribution in [0, 0.1) is 20.8 Å². The number of benzene rings is 1. The number of thiophene rings is 1. The summed E-state index contributed by atoms with van der Waals surface area (Å²) >= 11 is 1.64. The molecular formula is C18H21N3O2S2. The van der Waals surface area contributed by atoms with Gasteiger partial charge in [0.05, 0.1) is 16.3 Å². The highest BCUT2D eigenvalue weighted by molar-refractivity contribution is 7.89. The van der Waals surface area contributed by atoms with Gasteiger partial charge in [0.25, 0.3) is 0 Å². The highest BCUT2D eigenvalue weighted by Crippen LogP contribution is 2.23. The number of hydrogen-bond donors (Lipinski definition) is 1. The first-order valence-corrected chi connectivity index (χ1v) is 10.4. The first kappa shape index (κ1) is 17.8. The van der Waals surface area contributed by atoms with Crippen LogP contribution in [-0.4, -0.2) is 24.7 Å². The lowest BCUT2D eigenvalue weighted by atomic mass is 10.1. The van der Waals surface area contributed by atoms with Crippen molar-refractivity contribution in [2.75, 3.05) is 6.54 Å². The van der Waals surface area contributed by atoms with Crippen molar-refractivity contribution in [1.82, 2.24) is 14.5 Å². The van der Waals surface area contributed by atoms with E-state index in [0.29, 0.717) is 18.0 Å². The normalized spacial score (nSPS) is 11.8. The molecule has 1 N–H and O–H groups in total. The summed E-state index contributed by atoms with van der Waals surface area (Å²) in [6.07, 6.45) is 0. The standard InChI is InChI=1S/C18H21N3O2S2/c1-13-6-7-16(11-14(13)2)25(22,23)19-8-9-21-15(3)12-17(20-21)18-5-4-10-24-18/h4-7,10-12,19H,8-9H2,1-3H3. The second kappa shape index (κ2) is 7.11. The molecule has 0 spiro atoms. The Kier molecular flexibility index (Phi) is 5.08. The molecule has 0 aliphatic carbocycles. The van der Waals surface area contributed by atoms with Crippen LogP contribution >= 0.6 is 11.3 Å². The minimum atomic E-state index is -3.51. The molecule has 0 unspecified atom stereocenters. The molecular weight excluding hydrogens is 354 g/mol. The van der Waals surface area contributed by atoms with Crippen LogP contribution in [0.4, 0.5) is 0 Å². The van der Waals surface area contributed by atoms with Gasteiger partial charge in [-0.1, -0.05) is 12.1 Å². The largest absolute Gasteiger partial charge is 0.268 e. The summed E-state index contributed by atoms with van der Waals surface area (Å²) in [4.78, 5) is 1.41. The van der Waals surface area contributed by atoms with E-state index in [9.17, 15) is 8.42 Å². The van der Waals surface area contributed by atoms with Crippen molar-refractivity contribution in [3.63, 3.8) is 0 Å². The van der Waals surface area contributed by atoms with Gasteiger partial charge in [-0.25, -0.2) is 13.1 Å². The molecule has 0 atom stereocenters. The van der Waals surface area contributed by atoms with E-state index in [1.54, 1.807) is 23.5 Å². The Morgan fingerprint density at radius 1 is 1.12 bits per heavy atom. The van der Waals surface area contributed by atoms with Gasteiger partial charge in [-0.2, -0.15) is 5.10 Å². The molecule has 0 radical (unpaired) electrons. The molecule has 3 aromatic rings. The topological polar surface area (TPSA) is 64.0 Å². The van der Waals surface area contributed by atoms with Gasteiger partial charge in [-0.15, -0.1) is 11.3 Å². The maximum atomic E-state index is 12.4. The lowest BCUT2D eigenvalue weighted by molar-refractivity contribution is 0.556. The molecule has 25 heavy (non-hydrogen) atoms. The SMILES string of the molecule is Cc1ccc(S(=O)(=O)NCCn2nc(-c3cccs3)cc2C)cc1C. The van der Waals surface area contributed by atoms with Gasteiger partial charge < -0.3 is 0 Å². The summed E-state index contributed by atoms with van der Waals surface area (Å²) in [7, 11) is -3.51. The number of aromatic nitrogens is 2. The molecule has 5 nitrogen and oxygen atoms in total. The molecule has 0 amide bonds. The zero-order valence-electron chi connectivity index (χ0n) is 14.5. The van der Waals surface area contributed by atoms with Crippen LogP contribution in [0.25, 0.3) is 10.6 Å². The molecule has 0 aliphatic rings. The fraction of sp³-hybridized carbons (Fsp3) is 0.278. The second-order valence-corrected chi connectivity index (χ2v) is 8.73. The van der Waals surface area contributed by atoms with E-state index < -0.39 is 10.0 Å². The van der Waals surface area contributed by atoms with Crippen molar-refractivity contribution >= 4 is 21.4 Å². The Bertz CT molecular complexity index is 974. The number of aryl methyl sites for hydroxylation is 3. The quantitative estimate of drug-likeness (QED) is 0.717. The third-order valence-corrected chi connectivity index (χ3v) is 6.51. The summed E-state index contributed by atoms with van der Waals surface area (Å²) in [5, 5.41) is 6.58. The van der Waals surface area contributed by atoms with E-state index >= 15 is 0 Å². The monoisotopic (exact) mass is 375 g/mol. The summed E-state index contributed by atoms with van der Waals surface area (Å²) in [6.45, 7) is 6.63. The van der Waals surface area contributed by atoms with Crippen LogP contribution in [-0.2, 0) is 16.6 Å². The molecule has 0 saturated carbocycles. The molecule has 2 heterocycles. The lowest BCUT2D eigenvalue weighted by Gasteiger charge is -2.09. The number of rotatable bonds is 6. The van der Waals surface area contributed by atoms with E-state index in [0.717, 1.165) is 27.4 Å². The average molecular weight is 376 g/mol. The van der Waals surface area contributed by atoms with Gasteiger partial charge in [0.15, 0.2) is 0 Å². The molecule has 0 aliphatic heterocycles. The second-order valence-electron chi connectivity index (χ2n) is 6.02. The number of hydrogen-bond acceptors (Lipinski definition) is 4. The Morgan fingerprint density at radius 3 is 2.60 bits per heavy atom. The Morgan fingerprint density at radius 2 is 1.92 bits per heavy atom. The molecule has 3 rings (SSSR count). The highest BCUT2D eigenvalue weighted by Gasteiger charge is 2.14. The minimum absolute atomic E-state index is 0.293. The molecule has 2 aromatic heterocycles. The van der Waals surface area contributed by atoms with Crippen LogP contribution < -0.4 is 4.72 Å². The zero-order chi connectivity index (χ0) is 18.0. The molecule has 0 saturated heterocycles. The molecule has 0 fully saturated rings. The van der Waals surface area contributed by atoms with Crippen molar-refractivity contribution in [2.45, 2.75) is 32.2 Å². The zero-order valence-corrected chi connectivity index (χ0v) is 16.1. The van der Waals surface area contributed by atoms with E-state index in [4.69, 9.17) is 0 Å². The van der Waals surface area contributed by atoms with Crippen molar-refractivity contribution in [2.24, 2.45) is 0 Å². The van der Waals surface area contributed by atoms with Crippen molar-refractivity contribution < 1.29 is 8.42 Å². The van der Waals surface area contributed by atoms with Crippen LogP contribution in [0.15, 0.2) is 46.7 Å². The van der Waals surface area contributed by atoms with Crippen molar-refractivity contribution in [3.8, 4) is 10.6 Å². The number of sulfonamides is 1. The van der Waals surface area contributed by atoms with E-state index in [1.807, 2.05) is 55.1 Å². The van der Waals surface area contributed by atoms with E-state index in [-0.39, 0.29) is 0 Å². The highest BCUT2D eigenvalue weighted by atomic mass is 32.2. The van der Waals surface area contributed by atoms with Gasteiger partial charge in [0, 0.05) is 12.2 Å². The Labute approximate surface area is 152 Å². The summed E-state index contributed by atoms with van der Waals surface area (Å²) in [5.41, 5.74) is 3.97. The lowest BCUT2D eigenvalue weighted by Crippen LogP contribution is -2.28. The predicted molar refractivity (Wildman–Crippen MR) is 101 cm³/mol. The van der Waals surface area contributed by atoms with E-state index in [1.165, 1.54) is 0 Å². The van der Waals surface area contributed by atoms with Crippen LogP contribution in [0.5, 0.6) is 0 Å². The Balaban J connectivity index is 1.67. The van der Waals surface area contributed by atoms with Crippen LogP contribution in [0.1, 0.15) is 16.8 Å². The van der Waals surface area contributed by atoms with Crippen LogP contribution in [0.2, 0.25) is 0 Å². The van der Waals surface area contributed by atoms with Gasteiger partial charge >= 0.3 is 0 Å². The summed E-state index contributed by atoms with van der Waals surface area (Å²) in [5.74, 6) is 0. The van der Waals surface area contributed by atoms with Crippen LogP contribution in [0.3, 0.4) is 0 Å². The fourth-order valence-corrected chi connectivity index (χ4v) is 4.32. The first-order valence-electron chi connectivity index (χ1n) is 8.02. The maximum Gasteiger partial charge on any atom is 0.240 e. The van der Waals surface area contributed by atoms with Crippen molar-refractivity contribution in [3.05, 3.63) is 58.6 Å². The van der Waals surface area contributed by atoms with Crippen molar-refractivity contribution in [1.29, 1.82) is 0 Å². The van der Waals surface area contributed by atoms with E-state index in [2.05, 4.69) is 9.82 Å². The van der Waals surface area contributed by atoms with Gasteiger partial charge in [0.2, 0.25) is 10.0 Å². The smallest absolute Gasteiger partial charge is 0.240 e. The third-order valence-electron chi connectivity index (χ3n) is 4.16. The molecule has 132 valence electrons. The third kappa shape index (κ3) is 4.00. The number of nitrogens with zero attached hydrogens (tertiary/aromatic N) is 2. The van der Waals surface area contributed by atoms with Gasteiger partial charge in [-0.05, 0) is 61.5 Å². The number of nitrogens with one attached hydrogen (secondary N) is 1.